The largest absolute Gasteiger partial charge is 0.393 e. The Labute approximate surface area is 82.0 Å². The predicted octanol–water partition coefficient (Wildman–Crippen LogP) is 2.33. The van der Waals surface area contributed by atoms with Crippen molar-refractivity contribution < 1.29 is 10.2 Å². The minimum absolute atomic E-state index is 0.273. The Kier molecular flexibility index (Phi) is 5.57. The van der Waals surface area contributed by atoms with E-state index in [0.29, 0.717) is 12.8 Å². The van der Waals surface area contributed by atoms with Crippen LogP contribution in [-0.4, -0.2) is 21.9 Å². The summed E-state index contributed by atoms with van der Waals surface area (Å²) in [6.45, 7) is 7.99. The third kappa shape index (κ3) is 4.63. The van der Waals surface area contributed by atoms with Gasteiger partial charge in [0.05, 0.1) is 11.7 Å². The van der Waals surface area contributed by atoms with E-state index in [1.165, 1.54) is 0 Å². The summed E-state index contributed by atoms with van der Waals surface area (Å²) in [6.07, 6.45) is 2.68. The molecule has 2 heteroatoms. The van der Waals surface area contributed by atoms with Crippen molar-refractivity contribution in [3.8, 4) is 0 Å². The molecular weight excluding hydrogens is 164 g/mol. The van der Waals surface area contributed by atoms with Crippen LogP contribution in [0, 0.1) is 5.92 Å². The highest BCUT2D eigenvalue weighted by Crippen LogP contribution is 2.23. The summed E-state index contributed by atoms with van der Waals surface area (Å²) in [6, 6.07) is 0. The number of hydrogen-bond acceptors (Lipinski definition) is 2. The van der Waals surface area contributed by atoms with E-state index in [9.17, 15) is 10.2 Å². The van der Waals surface area contributed by atoms with Gasteiger partial charge < -0.3 is 10.2 Å². The highest BCUT2D eigenvalue weighted by molar-refractivity contribution is 4.76. The first kappa shape index (κ1) is 12.9. The third-order valence-electron chi connectivity index (χ3n) is 2.99. The number of aliphatic hydroxyl groups excluding tert-OH is 1. The SMILES string of the molecule is CCC(O)(CC)CCC(O)C(C)C. The predicted molar refractivity (Wildman–Crippen MR) is 55.6 cm³/mol. The van der Waals surface area contributed by atoms with Crippen molar-refractivity contribution in [3.05, 3.63) is 0 Å². The van der Waals surface area contributed by atoms with Crippen molar-refractivity contribution in [2.45, 2.75) is 65.1 Å². The molecule has 2 N–H and O–H groups in total. The Morgan fingerprint density at radius 2 is 1.62 bits per heavy atom. The standard InChI is InChI=1S/C11H24O2/c1-5-11(13,6-2)8-7-10(12)9(3)4/h9-10,12-13H,5-8H2,1-4H3. The Morgan fingerprint density at radius 1 is 1.15 bits per heavy atom. The van der Waals surface area contributed by atoms with Gasteiger partial charge in [0, 0.05) is 0 Å². The van der Waals surface area contributed by atoms with Crippen molar-refractivity contribution in [1.29, 1.82) is 0 Å². The number of rotatable bonds is 6. The molecule has 1 atom stereocenters. The highest BCUT2D eigenvalue weighted by Gasteiger charge is 2.23. The molecule has 2 nitrogen and oxygen atoms in total. The molecule has 13 heavy (non-hydrogen) atoms. The first-order chi connectivity index (χ1) is 5.95. The van der Waals surface area contributed by atoms with Gasteiger partial charge in [-0.3, -0.25) is 0 Å². The maximum Gasteiger partial charge on any atom is 0.0643 e. The molecule has 0 aromatic rings. The molecule has 0 aromatic carbocycles. The zero-order valence-electron chi connectivity index (χ0n) is 9.38. The van der Waals surface area contributed by atoms with Gasteiger partial charge in [0.1, 0.15) is 0 Å². The Balaban J connectivity index is 3.85. The lowest BCUT2D eigenvalue weighted by Gasteiger charge is -2.27. The summed E-state index contributed by atoms with van der Waals surface area (Å²) >= 11 is 0. The normalized spacial score (nSPS) is 15.0. The Hall–Kier alpha value is -0.0800. The van der Waals surface area contributed by atoms with Crippen LogP contribution < -0.4 is 0 Å². The lowest BCUT2D eigenvalue weighted by Crippen LogP contribution is -2.29. The third-order valence-corrected chi connectivity index (χ3v) is 2.99. The monoisotopic (exact) mass is 188 g/mol. The molecule has 0 aliphatic rings. The van der Waals surface area contributed by atoms with E-state index in [0.717, 1.165) is 12.8 Å². The van der Waals surface area contributed by atoms with Crippen LogP contribution >= 0.6 is 0 Å². The second-order valence-corrected chi connectivity index (χ2v) is 4.28. The fourth-order valence-electron chi connectivity index (χ4n) is 1.35. The van der Waals surface area contributed by atoms with Crippen molar-refractivity contribution in [3.63, 3.8) is 0 Å². The fraction of sp³-hybridized carbons (Fsp3) is 1.00. The first-order valence-corrected chi connectivity index (χ1v) is 5.35. The van der Waals surface area contributed by atoms with Gasteiger partial charge in [-0.1, -0.05) is 27.7 Å². The van der Waals surface area contributed by atoms with Crippen molar-refractivity contribution >= 4 is 0 Å². The second-order valence-electron chi connectivity index (χ2n) is 4.28. The van der Waals surface area contributed by atoms with Crippen LogP contribution in [0.2, 0.25) is 0 Å². The number of aliphatic hydroxyl groups is 2. The molecule has 0 radical (unpaired) electrons. The van der Waals surface area contributed by atoms with Crippen molar-refractivity contribution in [1.82, 2.24) is 0 Å². The topological polar surface area (TPSA) is 40.5 Å². The molecule has 0 rings (SSSR count). The van der Waals surface area contributed by atoms with E-state index in [1.807, 2.05) is 27.7 Å². The lowest BCUT2D eigenvalue weighted by molar-refractivity contribution is 0.00270. The van der Waals surface area contributed by atoms with Gasteiger partial charge in [-0.15, -0.1) is 0 Å². The summed E-state index contributed by atoms with van der Waals surface area (Å²) in [5.41, 5.74) is -0.560. The van der Waals surface area contributed by atoms with Crippen molar-refractivity contribution in [2.75, 3.05) is 0 Å². The molecular formula is C11H24O2. The van der Waals surface area contributed by atoms with Crippen LogP contribution in [0.1, 0.15) is 53.4 Å². The summed E-state index contributed by atoms with van der Waals surface area (Å²) in [5, 5.41) is 19.5. The molecule has 80 valence electrons. The summed E-state index contributed by atoms with van der Waals surface area (Å²) in [5.74, 6) is 0.290. The van der Waals surface area contributed by atoms with Crippen LogP contribution in [0.3, 0.4) is 0 Å². The molecule has 1 unspecified atom stereocenters. The molecule has 0 amide bonds. The summed E-state index contributed by atoms with van der Waals surface area (Å²) < 4.78 is 0. The molecule has 0 bridgehead atoms. The number of hydrogen-bond donors (Lipinski definition) is 2. The zero-order chi connectivity index (χ0) is 10.5. The van der Waals surface area contributed by atoms with Crippen LogP contribution in [0.5, 0.6) is 0 Å². The van der Waals surface area contributed by atoms with E-state index < -0.39 is 5.60 Å². The quantitative estimate of drug-likeness (QED) is 0.671. The van der Waals surface area contributed by atoms with Crippen LogP contribution in [0.25, 0.3) is 0 Å². The maximum atomic E-state index is 9.95. The average molecular weight is 188 g/mol. The van der Waals surface area contributed by atoms with E-state index in [4.69, 9.17) is 0 Å². The zero-order valence-corrected chi connectivity index (χ0v) is 9.38. The second kappa shape index (κ2) is 5.61. The maximum absolute atomic E-state index is 9.95. The minimum atomic E-state index is -0.560. The summed E-state index contributed by atoms with van der Waals surface area (Å²) in [7, 11) is 0. The van der Waals surface area contributed by atoms with E-state index in [1.54, 1.807) is 0 Å². The molecule has 0 saturated heterocycles. The molecule has 0 saturated carbocycles. The van der Waals surface area contributed by atoms with Gasteiger partial charge in [0.25, 0.3) is 0 Å². The highest BCUT2D eigenvalue weighted by atomic mass is 16.3. The smallest absolute Gasteiger partial charge is 0.0643 e. The van der Waals surface area contributed by atoms with E-state index in [-0.39, 0.29) is 12.0 Å². The molecule has 0 fully saturated rings. The van der Waals surface area contributed by atoms with Gasteiger partial charge in [0.2, 0.25) is 0 Å². The van der Waals surface area contributed by atoms with Gasteiger partial charge in [-0.05, 0) is 31.6 Å². The van der Waals surface area contributed by atoms with Gasteiger partial charge >= 0.3 is 0 Å². The van der Waals surface area contributed by atoms with E-state index in [2.05, 4.69) is 0 Å². The average Bonchev–Trinajstić information content (AvgIpc) is 2.13. The summed E-state index contributed by atoms with van der Waals surface area (Å²) in [4.78, 5) is 0. The van der Waals surface area contributed by atoms with Crippen LogP contribution in [-0.2, 0) is 0 Å². The van der Waals surface area contributed by atoms with Crippen LogP contribution in [0.15, 0.2) is 0 Å². The van der Waals surface area contributed by atoms with Gasteiger partial charge in [-0.25, -0.2) is 0 Å². The molecule has 0 aromatic heterocycles. The van der Waals surface area contributed by atoms with Crippen molar-refractivity contribution in [2.24, 2.45) is 5.92 Å². The Bertz CT molecular complexity index is 128. The first-order valence-electron chi connectivity index (χ1n) is 5.35. The fourth-order valence-corrected chi connectivity index (χ4v) is 1.35. The van der Waals surface area contributed by atoms with Gasteiger partial charge in [-0.2, -0.15) is 0 Å². The van der Waals surface area contributed by atoms with Gasteiger partial charge in [0.15, 0.2) is 0 Å². The molecule has 0 aliphatic heterocycles. The van der Waals surface area contributed by atoms with Crippen LogP contribution in [0.4, 0.5) is 0 Å². The Morgan fingerprint density at radius 3 is 1.92 bits per heavy atom. The minimum Gasteiger partial charge on any atom is -0.393 e. The molecule has 0 aliphatic carbocycles. The molecule has 0 spiro atoms. The lowest BCUT2D eigenvalue weighted by atomic mass is 9.88. The van der Waals surface area contributed by atoms with E-state index >= 15 is 0 Å². The molecule has 0 heterocycles.